The Hall–Kier alpha value is -3.09. The molecule has 0 fully saturated rings. The second-order valence-electron chi connectivity index (χ2n) is 4.71. The molecular formula is C16H11F2N3O2. The topological polar surface area (TPSA) is 68.0 Å². The van der Waals surface area contributed by atoms with Gasteiger partial charge in [0.25, 0.3) is 5.91 Å². The lowest BCUT2D eigenvalue weighted by atomic mass is 10.2. The molecule has 0 spiro atoms. The Kier molecular flexibility index (Phi) is 4.09. The number of hydrogen-bond acceptors (Lipinski definition) is 4. The van der Waals surface area contributed by atoms with Crippen LogP contribution in [0.3, 0.4) is 0 Å². The largest absolute Gasteiger partial charge is 0.343 e. The first-order valence-corrected chi connectivity index (χ1v) is 6.74. The van der Waals surface area contributed by atoms with Crippen LogP contribution in [0.1, 0.15) is 16.2 Å². The number of nitrogens with one attached hydrogen (secondary N) is 1. The second kappa shape index (κ2) is 6.35. The molecule has 3 aromatic rings. The smallest absolute Gasteiger partial charge is 0.251 e. The summed E-state index contributed by atoms with van der Waals surface area (Å²) in [4.78, 5) is 16.0. The van der Waals surface area contributed by atoms with E-state index in [4.69, 9.17) is 4.52 Å². The van der Waals surface area contributed by atoms with E-state index in [0.29, 0.717) is 17.0 Å². The summed E-state index contributed by atoms with van der Waals surface area (Å²) in [6.07, 6.45) is 0. The van der Waals surface area contributed by atoms with Crippen molar-refractivity contribution in [3.05, 3.63) is 71.6 Å². The molecule has 0 radical (unpaired) electrons. The van der Waals surface area contributed by atoms with Crippen LogP contribution >= 0.6 is 0 Å². The van der Waals surface area contributed by atoms with Gasteiger partial charge in [0.1, 0.15) is 11.6 Å². The predicted molar refractivity (Wildman–Crippen MR) is 77.3 cm³/mol. The maximum Gasteiger partial charge on any atom is 0.251 e. The van der Waals surface area contributed by atoms with Crippen molar-refractivity contribution in [3.63, 3.8) is 0 Å². The summed E-state index contributed by atoms with van der Waals surface area (Å²) in [7, 11) is 0. The van der Waals surface area contributed by atoms with Crippen LogP contribution in [-0.4, -0.2) is 16.0 Å². The summed E-state index contributed by atoms with van der Waals surface area (Å²) in [6.45, 7) is 0.0321. The van der Waals surface area contributed by atoms with Crippen molar-refractivity contribution in [1.82, 2.24) is 15.5 Å². The van der Waals surface area contributed by atoms with Gasteiger partial charge in [-0.05, 0) is 48.5 Å². The summed E-state index contributed by atoms with van der Waals surface area (Å²) < 4.78 is 30.7. The molecule has 0 atom stereocenters. The molecule has 1 amide bonds. The lowest BCUT2D eigenvalue weighted by Crippen LogP contribution is -2.22. The lowest BCUT2D eigenvalue weighted by Gasteiger charge is -2.01. The molecular weight excluding hydrogens is 304 g/mol. The van der Waals surface area contributed by atoms with Gasteiger partial charge in [-0.2, -0.15) is 4.98 Å². The molecule has 1 aromatic heterocycles. The fourth-order valence-electron chi connectivity index (χ4n) is 1.90. The zero-order valence-corrected chi connectivity index (χ0v) is 11.8. The Bertz CT molecular complexity index is 814. The average Bonchev–Trinajstić information content (AvgIpc) is 3.03. The van der Waals surface area contributed by atoms with Crippen molar-refractivity contribution < 1.29 is 18.1 Å². The van der Waals surface area contributed by atoms with Gasteiger partial charge in [0.2, 0.25) is 11.7 Å². The minimum absolute atomic E-state index is 0.0321. The monoisotopic (exact) mass is 315 g/mol. The molecule has 1 N–H and O–H groups in total. The summed E-state index contributed by atoms with van der Waals surface area (Å²) in [5, 5.41) is 6.36. The first kappa shape index (κ1) is 14.8. The summed E-state index contributed by atoms with van der Waals surface area (Å²) in [5.74, 6) is -0.645. The van der Waals surface area contributed by atoms with Crippen LogP contribution in [0.15, 0.2) is 53.1 Å². The number of aromatic nitrogens is 2. The molecule has 3 rings (SSSR count). The normalized spacial score (nSPS) is 10.5. The van der Waals surface area contributed by atoms with Crippen LogP contribution < -0.4 is 5.32 Å². The molecule has 0 aliphatic carbocycles. The van der Waals surface area contributed by atoms with Crippen LogP contribution in [-0.2, 0) is 6.54 Å². The molecule has 0 bridgehead atoms. The fraction of sp³-hybridized carbons (Fsp3) is 0.0625. The van der Waals surface area contributed by atoms with Crippen LogP contribution in [0.25, 0.3) is 11.4 Å². The average molecular weight is 315 g/mol. The van der Waals surface area contributed by atoms with Crippen molar-refractivity contribution in [3.8, 4) is 11.4 Å². The number of carbonyl (C=O) groups is 1. The zero-order chi connectivity index (χ0) is 16.2. The van der Waals surface area contributed by atoms with Gasteiger partial charge in [-0.3, -0.25) is 4.79 Å². The number of carbonyl (C=O) groups excluding carboxylic acids is 1. The highest BCUT2D eigenvalue weighted by molar-refractivity contribution is 5.94. The van der Waals surface area contributed by atoms with Crippen molar-refractivity contribution in [2.24, 2.45) is 0 Å². The van der Waals surface area contributed by atoms with E-state index in [2.05, 4.69) is 15.5 Å². The molecule has 0 unspecified atom stereocenters. The summed E-state index contributed by atoms with van der Waals surface area (Å²) >= 11 is 0. The van der Waals surface area contributed by atoms with Crippen LogP contribution in [0.4, 0.5) is 8.78 Å². The number of hydrogen-bond donors (Lipinski definition) is 1. The Morgan fingerprint density at radius 1 is 1.00 bits per heavy atom. The van der Waals surface area contributed by atoms with E-state index in [0.717, 1.165) is 0 Å². The third-order valence-corrected chi connectivity index (χ3v) is 3.08. The Morgan fingerprint density at radius 2 is 1.61 bits per heavy atom. The lowest BCUT2D eigenvalue weighted by molar-refractivity contribution is 0.0946. The molecule has 116 valence electrons. The molecule has 2 aromatic carbocycles. The third kappa shape index (κ3) is 3.57. The molecule has 7 heteroatoms. The summed E-state index contributed by atoms with van der Waals surface area (Å²) in [6, 6.07) is 10.8. The minimum Gasteiger partial charge on any atom is -0.343 e. The highest BCUT2D eigenvalue weighted by atomic mass is 19.1. The molecule has 23 heavy (non-hydrogen) atoms. The second-order valence-corrected chi connectivity index (χ2v) is 4.71. The maximum absolute atomic E-state index is 12.9. The van der Waals surface area contributed by atoms with Gasteiger partial charge in [-0.15, -0.1) is 0 Å². The van der Waals surface area contributed by atoms with E-state index in [9.17, 15) is 13.6 Å². The van der Waals surface area contributed by atoms with E-state index in [1.54, 1.807) is 0 Å². The van der Waals surface area contributed by atoms with E-state index in [-0.39, 0.29) is 24.2 Å². The highest BCUT2D eigenvalue weighted by Crippen LogP contribution is 2.16. The number of nitrogens with zero attached hydrogens (tertiary/aromatic N) is 2. The zero-order valence-electron chi connectivity index (χ0n) is 11.8. The van der Waals surface area contributed by atoms with Gasteiger partial charge in [0.05, 0.1) is 6.54 Å². The van der Waals surface area contributed by atoms with E-state index >= 15 is 0 Å². The first-order chi connectivity index (χ1) is 11.1. The molecule has 1 heterocycles. The number of halogens is 2. The first-order valence-electron chi connectivity index (χ1n) is 6.74. The van der Waals surface area contributed by atoms with Crippen molar-refractivity contribution in [2.75, 3.05) is 0 Å². The van der Waals surface area contributed by atoms with E-state index in [1.807, 2.05) is 0 Å². The fourth-order valence-corrected chi connectivity index (χ4v) is 1.90. The Labute approximate surface area is 130 Å². The van der Waals surface area contributed by atoms with Crippen LogP contribution in [0, 0.1) is 11.6 Å². The van der Waals surface area contributed by atoms with Gasteiger partial charge >= 0.3 is 0 Å². The van der Waals surface area contributed by atoms with Gasteiger partial charge < -0.3 is 9.84 Å². The number of amides is 1. The molecule has 0 aliphatic rings. The van der Waals surface area contributed by atoms with Crippen molar-refractivity contribution in [1.29, 1.82) is 0 Å². The maximum atomic E-state index is 12.9. The predicted octanol–water partition coefficient (Wildman–Crippen LogP) is 2.94. The van der Waals surface area contributed by atoms with Gasteiger partial charge in [-0.1, -0.05) is 5.16 Å². The molecule has 0 saturated carbocycles. The van der Waals surface area contributed by atoms with Gasteiger partial charge in [0.15, 0.2) is 0 Å². The van der Waals surface area contributed by atoms with Crippen LogP contribution in [0.2, 0.25) is 0 Å². The number of benzene rings is 2. The SMILES string of the molecule is O=C(NCc1nc(-c2ccc(F)cc2)no1)c1ccc(F)cc1. The van der Waals surface area contributed by atoms with E-state index in [1.165, 1.54) is 48.5 Å². The van der Waals surface area contributed by atoms with Crippen LogP contribution in [0.5, 0.6) is 0 Å². The van der Waals surface area contributed by atoms with Gasteiger partial charge in [-0.25, -0.2) is 8.78 Å². The molecule has 5 nitrogen and oxygen atoms in total. The van der Waals surface area contributed by atoms with Crippen molar-refractivity contribution >= 4 is 5.91 Å². The number of rotatable bonds is 4. The quantitative estimate of drug-likeness (QED) is 0.804. The Morgan fingerprint density at radius 3 is 2.26 bits per heavy atom. The summed E-state index contributed by atoms with van der Waals surface area (Å²) in [5.41, 5.74) is 0.927. The molecule has 0 saturated heterocycles. The minimum atomic E-state index is -0.414. The Balaban J connectivity index is 1.64. The van der Waals surface area contributed by atoms with E-state index < -0.39 is 5.82 Å². The van der Waals surface area contributed by atoms with Crippen molar-refractivity contribution in [2.45, 2.75) is 6.54 Å². The standard InChI is InChI=1S/C16H11F2N3O2/c17-12-5-1-10(2-6-12)15-20-14(23-21-15)9-19-16(22)11-3-7-13(18)8-4-11/h1-8H,9H2,(H,19,22). The highest BCUT2D eigenvalue weighted by Gasteiger charge is 2.11. The van der Waals surface area contributed by atoms with Gasteiger partial charge in [0, 0.05) is 11.1 Å². The molecule has 0 aliphatic heterocycles. The third-order valence-electron chi connectivity index (χ3n) is 3.08.